The van der Waals surface area contributed by atoms with Gasteiger partial charge in [0, 0.05) is 6.20 Å². The summed E-state index contributed by atoms with van der Waals surface area (Å²) in [6, 6.07) is 8.64. The minimum absolute atomic E-state index is 0. The Bertz CT molecular complexity index is 1590. The molecule has 1 N–H and O–H groups in total. The molecule has 0 aliphatic heterocycles. The first-order chi connectivity index (χ1) is 16.8. The predicted octanol–water partition coefficient (Wildman–Crippen LogP) is 4.38. The van der Waals surface area contributed by atoms with Gasteiger partial charge >= 0.3 is 41.7 Å². The van der Waals surface area contributed by atoms with Crippen LogP contribution in [0.2, 0.25) is 0 Å². The van der Waals surface area contributed by atoms with Crippen molar-refractivity contribution in [3.05, 3.63) is 94.8 Å². The number of pyridine rings is 1. The number of benzene rings is 2. The number of imidazole rings is 1. The van der Waals surface area contributed by atoms with Gasteiger partial charge in [-0.1, -0.05) is 6.07 Å². The van der Waals surface area contributed by atoms with E-state index in [-0.39, 0.29) is 62.7 Å². The second kappa shape index (κ2) is 10.4. The van der Waals surface area contributed by atoms with Gasteiger partial charge < -0.3 is 5.11 Å². The number of carboxylic acid groups (broad SMARTS) is 1. The molecule has 2 aromatic carbocycles. The minimum atomic E-state index is -5.02. The molecule has 2 heterocycles. The second-order valence-electron chi connectivity index (χ2n) is 7.75. The van der Waals surface area contributed by atoms with Crippen LogP contribution in [0.15, 0.2) is 65.7 Å². The van der Waals surface area contributed by atoms with Gasteiger partial charge in [-0.3, -0.25) is 4.40 Å². The molecule has 0 saturated carbocycles. The molecular weight excluding hydrogens is 532 g/mol. The van der Waals surface area contributed by atoms with E-state index in [9.17, 15) is 35.2 Å². The van der Waals surface area contributed by atoms with Crippen molar-refractivity contribution in [3.63, 3.8) is 0 Å². The van der Waals surface area contributed by atoms with Crippen molar-refractivity contribution < 1.29 is 40.3 Å². The molecular formula is C23H17F5N3NaO4S. The molecule has 37 heavy (non-hydrogen) atoms. The van der Waals surface area contributed by atoms with E-state index in [2.05, 4.69) is 4.98 Å². The summed E-state index contributed by atoms with van der Waals surface area (Å²) < 4.78 is 96.6. The first-order valence-corrected chi connectivity index (χ1v) is 11.6. The summed E-state index contributed by atoms with van der Waals surface area (Å²) in [6.45, 7) is 0.760. The van der Waals surface area contributed by atoms with E-state index in [1.165, 1.54) is 17.4 Å². The van der Waals surface area contributed by atoms with Gasteiger partial charge in [0.25, 0.3) is 10.0 Å². The maximum atomic E-state index is 13.8. The number of carboxylic acids is 1. The fraction of sp³-hybridized carbons (Fsp3) is 0.130. The molecule has 0 aliphatic carbocycles. The van der Waals surface area contributed by atoms with E-state index in [0.717, 1.165) is 42.6 Å². The van der Waals surface area contributed by atoms with Crippen LogP contribution in [-0.2, 0) is 22.7 Å². The maximum absolute atomic E-state index is 13.8. The summed E-state index contributed by atoms with van der Waals surface area (Å²) in [5.74, 6) is -3.66. The Morgan fingerprint density at radius 2 is 1.70 bits per heavy atom. The number of aryl methyl sites for hydroxylation is 1. The van der Waals surface area contributed by atoms with Crippen molar-refractivity contribution in [2.75, 3.05) is 4.31 Å². The number of fused-ring (bicyclic) bond motifs is 1. The second-order valence-corrected chi connectivity index (χ2v) is 9.61. The number of carbonyl (C=O) groups is 1. The summed E-state index contributed by atoms with van der Waals surface area (Å²) >= 11 is 0. The fourth-order valence-electron chi connectivity index (χ4n) is 3.58. The number of aromatic nitrogens is 2. The van der Waals surface area contributed by atoms with Crippen molar-refractivity contribution in [2.24, 2.45) is 0 Å². The number of anilines is 1. The summed E-state index contributed by atoms with van der Waals surface area (Å²) in [5, 5.41) is 9.09. The first-order valence-electron chi connectivity index (χ1n) is 10.1. The van der Waals surface area contributed by atoms with Crippen LogP contribution >= 0.6 is 0 Å². The van der Waals surface area contributed by atoms with Gasteiger partial charge in [0.1, 0.15) is 17.3 Å². The number of aromatic carboxylic acids is 1. The number of sulfonamides is 1. The Balaban J connectivity index is 0.00000380. The van der Waals surface area contributed by atoms with Crippen LogP contribution in [0.3, 0.4) is 0 Å². The average Bonchev–Trinajstić information content (AvgIpc) is 3.13. The Kier molecular flexibility index (Phi) is 8.03. The summed E-state index contributed by atoms with van der Waals surface area (Å²) in [6.07, 6.45) is -3.96. The van der Waals surface area contributed by atoms with Crippen LogP contribution in [0.4, 0.5) is 27.8 Å². The molecule has 14 heteroatoms. The van der Waals surface area contributed by atoms with Crippen LogP contribution in [-0.4, -0.2) is 58.4 Å². The zero-order valence-corrected chi connectivity index (χ0v) is 19.1. The average molecular weight is 549 g/mol. The topological polar surface area (TPSA) is 92.0 Å². The summed E-state index contributed by atoms with van der Waals surface area (Å²) in [4.78, 5) is 15.0. The van der Waals surface area contributed by atoms with Crippen molar-refractivity contribution in [2.45, 2.75) is 24.5 Å². The van der Waals surface area contributed by atoms with Crippen LogP contribution in [0.1, 0.15) is 27.2 Å². The van der Waals surface area contributed by atoms with E-state index in [1.54, 1.807) is 0 Å². The van der Waals surface area contributed by atoms with Gasteiger partial charge in [-0.05, 0) is 61.0 Å². The van der Waals surface area contributed by atoms with Gasteiger partial charge in [0.2, 0.25) is 0 Å². The zero-order valence-electron chi connectivity index (χ0n) is 18.3. The number of hydrogen-bond acceptors (Lipinski definition) is 4. The van der Waals surface area contributed by atoms with Crippen LogP contribution in [0.25, 0.3) is 5.65 Å². The standard InChI is InChI=1S/C23H16F5N3O4S.Na.H/c1-13-21(29-20-9-5-16(24)12-30(13)20)31(11-14-2-8-19(25)18(10-14)23(26,27)28)36(34,35)17-6-3-15(4-7-17)22(32)33;;/h2-10,12H,11H2,1H3,(H,32,33);;. The molecule has 0 aliphatic rings. The van der Waals surface area contributed by atoms with Gasteiger partial charge in [-0.2, -0.15) is 13.2 Å². The summed E-state index contributed by atoms with van der Waals surface area (Å²) in [5.41, 5.74) is -1.63. The Morgan fingerprint density at radius 3 is 2.30 bits per heavy atom. The quantitative estimate of drug-likeness (QED) is 0.285. The third kappa shape index (κ3) is 5.64. The SMILES string of the molecule is Cc1c(N(Cc2ccc(F)c(C(F)(F)F)c2)S(=O)(=O)c2ccc(C(=O)O)cc2)nc2ccc(F)cn12.[NaH]. The van der Waals surface area contributed by atoms with E-state index in [4.69, 9.17) is 5.11 Å². The molecule has 2 aromatic heterocycles. The van der Waals surface area contributed by atoms with E-state index < -0.39 is 45.9 Å². The van der Waals surface area contributed by atoms with E-state index in [1.807, 2.05) is 0 Å². The van der Waals surface area contributed by atoms with Crippen molar-refractivity contribution in [3.8, 4) is 0 Å². The van der Waals surface area contributed by atoms with E-state index >= 15 is 0 Å². The van der Waals surface area contributed by atoms with Crippen LogP contribution < -0.4 is 4.31 Å². The third-order valence-electron chi connectivity index (χ3n) is 5.38. The normalized spacial score (nSPS) is 11.8. The molecule has 4 aromatic rings. The van der Waals surface area contributed by atoms with Gasteiger partial charge in [-0.25, -0.2) is 31.3 Å². The van der Waals surface area contributed by atoms with Crippen LogP contribution in [0, 0.1) is 18.6 Å². The molecule has 0 saturated heterocycles. The zero-order chi connectivity index (χ0) is 26.4. The van der Waals surface area contributed by atoms with Gasteiger partial charge in [0.05, 0.1) is 28.3 Å². The monoisotopic (exact) mass is 549 g/mol. The van der Waals surface area contributed by atoms with Crippen molar-refractivity contribution in [1.29, 1.82) is 0 Å². The molecule has 0 spiro atoms. The molecule has 0 bridgehead atoms. The van der Waals surface area contributed by atoms with Gasteiger partial charge in [0.15, 0.2) is 5.82 Å². The van der Waals surface area contributed by atoms with Crippen molar-refractivity contribution >= 4 is 57.0 Å². The number of rotatable bonds is 6. The molecule has 0 atom stereocenters. The number of alkyl halides is 3. The molecule has 0 unspecified atom stereocenters. The predicted molar refractivity (Wildman–Crippen MR) is 125 cm³/mol. The molecule has 4 rings (SSSR count). The Labute approximate surface area is 229 Å². The first kappa shape index (κ1) is 28.6. The fourth-order valence-corrected chi connectivity index (χ4v) is 5.04. The molecule has 0 radical (unpaired) electrons. The number of hydrogen-bond donors (Lipinski definition) is 1. The summed E-state index contributed by atoms with van der Waals surface area (Å²) in [7, 11) is -4.54. The van der Waals surface area contributed by atoms with Gasteiger partial charge in [-0.15, -0.1) is 0 Å². The number of nitrogens with zero attached hydrogens (tertiary/aromatic N) is 3. The van der Waals surface area contributed by atoms with Crippen LogP contribution in [0.5, 0.6) is 0 Å². The molecule has 190 valence electrons. The Hall–Kier alpha value is -3.00. The Morgan fingerprint density at radius 1 is 1.05 bits per heavy atom. The molecule has 7 nitrogen and oxygen atoms in total. The third-order valence-corrected chi connectivity index (χ3v) is 7.13. The number of halogens is 5. The molecule has 0 amide bonds. The van der Waals surface area contributed by atoms with E-state index in [0.29, 0.717) is 16.4 Å². The molecule has 0 fully saturated rings. The van der Waals surface area contributed by atoms with Crippen molar-refractivity contribution in [1.82, 2.24) is 9.38 Å².